The maximum absolute atomic E-state index is 14.0. The van der Waals surface area contributed by atoms with Crippen molar-refractivity contribution in [1.82, 2.24) is 9.80 Å². The zero-order valence-corrected chi connectivity index (χ0v) is 21.1. The standard InChI is InChI=1S/C27H27F7N2O3/c1-14-9-19(28)3-6-21(14)23-13-35(25(38)39)8-7-22(23)24(37)36(20-4-5-20)15(2)16-10-17(26(29,30)31)12-18(11-16)27(32,33)34/h3,6,9-12,15,20,22-23H,4-5,7-8,13H2,1-2H3,(H,38,39). The fraction of sp³-hybridized carbons (Fsp3) is 0.481. The van der Waals surface area contributed by atoms with Crippen LogP contribution in [0.3, 0.4) is 0 Å². The lowest BCUT2D eigenvalue weighted by atomic mass is 9.78. The van der Waals surface area contributed by atoms with Crippen molar-refractivity contribution in [3.05, 3.63) is 70.0 Å². The summed E-state index contributed by atoms with van der Waals surface area (Å²) in [5.41, 5.74) is -2.16. The molecule has 1 saturated carbocycles. The molecule has 0 spiro atoms. The maximum Gasteiger partial charge on any atom is 0.416 e. The molecule has 1 aliphatic carbocycles. The summed E-state index contributed by atoms with van der Waals surface area (Å²) in [7, 11) is 0. The van der Waals surface area contributed by atoms with E-state index < -0.39 is 59.2 Å². The number of likely N-dealkylation sites (tertiary alicyclic amines) is 1. The van der Waals surface area contributed by atoms with Gasteiger partial charge in [0.05, 0.1) is 17.2 Å². The Balaban J connectivity index is 1.74. The minimum Gasteiger partial charge on any atom is -0.465 e. The smallest absolute Gasteiger partial charge is 0.416 e. The van der Waals surface area contributed by atoms with Gasteiger partial charge in [-0.05, 0) is 80.1 Å². The van der Waals surface area contributed by atoms with Crippen LogP contribution in [0, 0.1) is 18.7 Å². The van der Waals surface area contributed by atoms with Gasteiger partial charge in [-0.15, -0.1) is 0 Å². The molecule has 1 N–H and O–H groups in total. The summed E-state index contributed by atoms with van der Waals surface area (Å²) in [5, 5.41) is 9.56. The third-order valence-corrected chi connectivity index (χ3v) is 7.54. The predicted molar refractivity (Wildman–Crippen MR) is 126 cm³/mol. The van der Waals surface area contributed by atoms with Crippen LogP contribution in [0.1, 0.15) is 66.0 Å². The average molecular weight is 561 g/mol. The summed E-state index contributed by atoms with van der Waals surface area (Å²) in [6.07, 6.45) is -10.1. The Bertz CT molecular complexity index is 1220. The highest BCUT2D eigenvalue weighted by atomic mass is 19.4. The van der Waals surface area contributed by atoms with E-state index in [9.17, 15) is 45.4 Å². The van der Waals surface area contributed by atoms with Crippen molar-refractivity contribution in [3.8, 4) is 0 Å². The number of alkyl halides is 6. The molecule has 2 amide bonds. The summed E-state index contributed by atoms with van der Waals surface area (Å²) in [5.74, 6) is -2.47. The molecular weight excluding hydrogens is 533 g/mol. The van der Waals surface area contributed by atoms with E-state index in [0.717, 1.165) is 4.90 Å². The SMILES string of the molecule is Cc1cc(F)ccc1C1CN(C(=O)O)CCC1C(=O)N(C1CC1)C(C)c1cc(C(F)(F)F)cc(C(F)(F)F)c1. The molecule has 3 atom stereocenters. The van der Waals surface area contributed by atoms with Gasteiger partial charge in [0, 0.05) is 31.0 Å². The van der Waals surface area contributed by atoms with Crippen LogP contribution in [0.2, 0.25) is 0 Å². The lowest BCUT2D eigenvalue weighted by Crippen LogP contribution is -2.49. The number of benzene rings is 2. The Morgan fingerprint density at radius 1 is 0.974 bits per heavy atom. The van der Waals surface area contributed by atoms with E-state index in [0.29, 0.717) is 36.1 Å². The van der Waals surface area contributed by atoms with Gasteiger partial charge in [-0.3, -0.25) is 4.79 Å². The van der Waals surface area contributed by atoms with E-state index in [4.69, 9.17) is 0 Å². The number of halogens is 7. The maximum atomic E-state index is 14.0. The first kappa shape index (κ1) is 28.7. The van der Waals surface area contributed by atoms with Gasteiger partial charge in [0.15, 0.2) is 0 Å². The number of amides is 2. The molecule has 2 aromatic rings. The minimum absolute atomic E-state index is 0.0250. The molecule has 0 bridgehead atoms. The molecule has 1 aliphatic heterocycles. The third kappa shape index (κ3) is 6.14. The summed E-state index contributed by atoms with van der Waals surface area (Å²) < 4.78 is 94.8. The Kier molecular flexibility index (Phi) is 7.61. The zero-order chi connectivity index (χ0) is 28.9. The predicted octanol–water partition coefficient (Wildman–Crippen LogP) is 7.01. The highest BCUT2D eigenvalue weighted by molar-refractivity contribution is 5.82. The lowest BCUT2D eigenvalue weighted by Gasteiger charge is -2.41. The van der Waals surface area contributed by atoms with Crippen LogP contribution in [0.25, 0.3) is 0 Å². The van der Waals surface area contributed by atoms with Crippen LogP contribution in [0.4, 0.5) is 35.5 Å². The second-order valence-electron chi connectivity index (χ2n) is 10.2. The van der Waals surface area contributed by atoms with Gasteiger partial charge < -0.3 is 14.9 Å². The highest BCUT2D eigenvalue weighted by Gasteiger charge is 2.45. The van der Waals surface area contributed by atoms with Gasteiger partial charge in [-0.25, -0.2) is 9.18 Å². The van der Waals surface area contributed by atoms with Crippen molar-refractivity contribution in [2.75, 3.05) is 13.1 Å². The summed E-state index contributed by atoms with van der Waals surface area (Å²) >= 11 is 0. The van der Waals surface area contributed by atoms with Gasteiger partial charge in [0.2, 0.25) is 5.91 Å². The molecule has 1 saturated heterocycles. The average Bonchev–Trinajstić information content (AvgIpc) is 3.67. The molecule has 5 nitrogen and oxygen atoms in total. The minimum atomic E-state index is -5.03. The Labute approximate surface area is 220 Å². The summed E-state index contributed by atoms with van der Waals surface area (Å²) in [6.45, 7) is 2.99. The van der Waals surface area contributed by atoms with Crippen LogP contribution in [0.15, 0.2) is 36.4 Å². The number of hydrogen-bond acceptors (Lipinski definition) is 2. The molecule has 2 aromatic carbocycles. The van der Waals surface area contributed by atoms with Crippen LogP contribution >= 0.6 is 0 Å². The number of carbonyl (C=O) groups excluding carboxylic acids is 1. The molecule has 0 radical (unpaired) electrons. The molecule has 0 aromatic heterocycles. The molecule has 4 rings (SSSR count). The van der Waals surface area contributed by atoms with Gasteiger partial charge in [0.1, 0.15) is 5.82 Å². The largest absolute Gasteiger partial charge is 0.465 e. The van der Waals surface area contributed by atoms with E-state index in [1.165, 1.54) is 30.0 Å². The molecule has 12 heteroatoms. The molecule has 1 heterocycles. The quantitative estimate of drug-likeness (QED) is 0.401. The monoisotopic (exact) mass is 560 g/mol. The number of nitrogens with zero attached hydrogens (tertiary/aromatic N) is 2. The Morgan fingerprint density at radius 2 is 1.56 bits per heavy atom. The number of carbonyl (C=O) groups is 2. The van der Waals surface area contributed by atoms with Gasteiger partial charge in [-0.1, -0.05) is 6.07 Å². The molecule has 212 valence electrons. The number of piperidine rings is 1. The molecule has 39 heavy (non-hydrogen) atoms. The van der Waals surface area contributed by atoms with Crippen LogP contribution in [-0.2, 0) is 17.1 Å². The van der Waals surface area contributed by atoms with Crippen molar-refractivity contribution in [3.63, 3.8) is 0 Å². The number of carboxylic acid groups (broad SMARTS) is 1. The Morgan fingerprint density at radius 3 is 2.05 bits per heavy atom. The van der Waals surface area contributed by atoms with Crippen molar-refractivity contribution < 1.29 is 45.4 Å². The summed E-state index contributed by atoms with van der Waals surface area (Å²) in [4.78, 5) is 28.2. The second kappa shape index (κ2) is 10.3. The number of hydrogen-bond donors (Lipinski definition) is 1. The van der Waals surface area contributed by atoms with Crippen molar-refractivity contribution >= 4 is 12.0 Å². The van der Waals surface area contributed by atoms with Crippen molar-refractivity contribution in [2.24, 2.45) is 5.92 Å². The molecule has 2 fully saturated rings. The molecular formula is C27H27F7N2O3. The van der Waals surface area contributed by atoms with E-state index in [2.05, 4.69) is 0 Å². The highest BCUT2D eigenvalue weighted by Crippen LogP contribution is 2.43. The summed E-state index contributed by atoms with van der Waals surface area (Å²) in [6, 6.07) is 3.78. The van der Waals surface area contributed by atoms with E-state index in [1.807, 2.05) is 0 Å². The normalized spacial score (nSPS) is 21.0. The van der Waals surface area contributed by atoms with Crippen molar-refractivity contribution in [2.45, 2.75) is 63.5 Å². The Hall–Kier alpha value is -3.31. The van der Waals surface area contributed by atoms with E-state index in [-0.39, 0.29) is 37.2 Å². The van der Waals surface area contributed by atoms with Crippen molar-refractivity contribution in [1.29, 1.82) is 0 Å². The molecule has 3 unspecified atom stereocenters. The van der Waals surface area contributed by atoms with Crippen LogP contribution in [-0.4, -0.2) is 46.0 Å². The first-order valence-corrected chi connectivity index (χ1v) is 12.4. The number of aryl methyl sites for hydroxylation is 1. The molecule has 2 aliphatic rings. The van der Waals surface area contributed by atoms with Gasteiger partial charge >= 0.3 is 18.4 Å². The topological polar surface area (TPSA) is 60.9 Å². The van der Waals surface area contributed by atoms with E-state index >= 15 is 0 Å². The zero-order valence-electron chi connectivity index (χ0n) is 21.1. The second-order valence-corrected chi connectivity index (χ2v) is 10.2. The first-order valence-electron chi connectivity index (χ1n) is 12.4. The van der Waals surface area contributed by atoms with Crippen LogP contribution < -0.4 is 0 Å². The third-order valence-electron chi connectivity index (χ3n) is 7.54. The van der Waals surface area contributed by atoms with Gasteiger partial charge in [-0.2, -0.15) is 26.3 Å². The number of rotatable bonds is 5. The van der Waals surface area contributed by atoms with Crippen LogP contribution in [0.5, 0.6) is 0 Å². The van der Waals surface area contributed by atoms with Gasteiger partial charge in [0.25, 0.3) is 0 Å². The van der Waals surface area contributed by atoms with E-state index in [1.54, 1.807) is 6.92 Å². The lowest BCUT2D eigenvalue weighted by molar-refractivity contribution is -0.143. The first-order chi connectivity index (χ1) is 18.1. The fourth-order valence-electron chi connectivity index (χ4n) is 5.40. The fourth-order valence-corrected chi connectivity index (χ4v) is 5.40.